The quantitative estimate of drug-likeness (QED) is 0.655. The Balaban J connectivity index is 1.78. The fraction of sp³-hybridized carbons (Fsp3) is 0.700. The lowest BCUT2D eigenvalue weighted by atomic mass is 10.1. The van der Waals surface area contributed by atoms with Crippen molar-refractivity contribution in [3.63, 3.8) is 0 Å². The monoisotopic (exact) mass is 350 g/mol. The summed E-state index contributed by atoms with van der Waals surface area (Å²) in [5.74, 6) is 1.18. The van der Waals surface area contributed by atoms with Gasteiger partial charge in [0.15, 0.2) is 11.5 Å². The maximum absolute atomic E-state index is 10.4. The zero-order chi connectivity index (χ0) is 18.1. The predicted octanol–water partition coefficient (Wildman–Crippen LogP) is 3.50. The summed E-state index contributed by atoms with van der Waals surface area (Å²) in [5.41, 5.74) is 0.894. The molecule has 0 saturated carbocycles. The summed E-state index contributed by atoms with van der Waals surface area (Å²) in [6.07, 6.45) is 6.71. The number of unbranched alkanes of at least 4 members (excludes halogenated alkanes) is 4. The van der Waals surface area contributed by atoms with Crippen LogP contribution in [0, 0.1) is 0 Å². The number of phenols is 1. The molecule has 1 N–H and O–H groups in total. The van der Waals surface area contributed by atoms with Gasteiger partial charge in [-0.15, -0.1) is 0 Å². The van der Waals surface area contributed by atoms with Gasteiger partial charge in [-0.2, -0.15) is 0 Å². The average molecular weight is 351 g/mol. The average Bonchev–Trinajstić information content (AvgIpc) is 2.64. The summed E-state index contributed by atoms with van der Waals surface area (Å²) in [6.45, 7) is 8.54. The van der Waals surface area contributed by atoms with Crippen LogP contribution in [0.5, 0.6) is 17.2 Å². The lowest BCUT2D eigenvalue weighted by Gasteiger charge is -2.35. The van der Waals surface area contributed by atoms with Gasteiger partial charge in [0.1, 0.15) is 0 Å². The number of nitrogens with zero attached hydrogens (tertiary/aromatic N) is 2. The molecule has 1 aliphatic rings. The number of hydrogen-bond donors (Lipinski definition) is 1. The summed E-state index contributed by atoms with van der Waals surface area (Å²) in [4.78, 5) is 4.96. The van der Waals surface area contributed by atoms with E-state index in [2.05, 4.69) is 16.7 Å². The van der Waals surface area contributed by atoms with Crippen LogP contribution in [0.15, 0.2) is 12.1 Å². The van der Waals surface area contributed by atoms with Gasteiger partial charge in [0, 0.05) is 38.3 Å². The molecule has 1 saturated heterocycles. The van der Waals surface area contributed by atoms with Crippen molar-refractivity contribution >= 4 is 0 Å². The molecule has 5 nitrogen and oxygen atoms in total. The third-order valence-electron chi connectivity index (χ3n) is 5.04. The summed E-state index contributed by atoms with van der Waals surface area (Å²) < 4.78 is 10.5. The molecule has 0 spiro atoms. The van der Waals surface area contributed by atoms with Gasteiger partial charge in [-0.3, -0.25) is 4.90 Å². The molecule has 0 bridgehead atoms. The second kappa shape index (κ2) is 10.5. The molecule has 1 heterocycles. The Morgan fingerprint density at radius 3 is 2.24 bits per heavy atom. The zero-order valence-corrected chi connectivity index (χ0v) is 16.1. The van der Waals surface area contributed by atoms with E-state index in [0.29, 0.717) is 11.5 Å². The van der Waals surface area contributed by atoms with Gasteiger partial charge in [-0.05, 0) is 19.0 Å². The first-order valence-electron chi connectivity index (χ1n) is 9.57. The first kappa shape index (κ1) is 19.9. The summed E-state index contributed by atoms with van der Waals surface area (Å²) in [5, 5.41) is 10.4. The topological polar surface area (TPSA) is 45.2 Å². The van der Waals surface area contributed by atoms with Gasteiger partial charge in [0.05, 0.1) is 14.2 Å². The number of phenolic OH excluding ortho intramolecular Hbond substituents is 1. The van der Waals surface area contributed by atoms with E-state index in [1.165, 1.54) is 38.6 Å². The molecule has 0 amide bonds. The summed E-state index contributed by atoms with van der Waals surface area (Å²) in [6, 6.07) is 3.79. The number of rotatable bonds is 10. The van der Waals surface area contributed by atoms with E-state index < -0.39 is 0 Å². The minimum absolute atomic E-state index is 0.195. The third-order valence-corrected chi connectivity index (χ3v) is 5.04. The van der Waals surface area contributed by atoms with Gasteiger partial charge < -0.3 is 19.5 Å². The van der Waals surface area contributed by atoms with Crippen LogP contribution in [-0.4, -0.2) is 61.8 Å². The Labute approximate surface area is 152 Å². The highest BCUT2D eigenvalue weighted by atomic mass is 16.5. The van der Waals surface area contributed by atoms with E-state index in [-0.39, 0.29) is 5.75 Å². The maximum Gasteiger partial charge on any atom is 0.203 e. The van der Waals surface area contributed by atoms with Crippen molar-refractivity contribution in [3.05, 3.63) is 17.7 Å². The van der Waals surface area contributed by atoms with E-state index in [0.717, 1.165) is 38.3 Å². The largest absolute Gasteiger partial charge is 0.504 e. The number of benzene rings is 1. The van der Waals surface area contributed by atoms with E-state index in [4.69, 9.17) is 9.47 Å². The van der Waals surface area contributed by atoms with E-state index in [9.17, 15) is 5.11 Å². The zero-order valence-electron chi connectivity index (χ0n) is 16.1. The standard InChI is InChI=1S/C20H34N2O3/c1-4-5-6-7-8-11-21-12-14-22(15-13-21)16-17-9-10-18(24-2)20(25-3)19(17)23/h9-10,23H,4-8,11-16H2,1-3H3. The summed E-state index contributed by atoms with van der Waals surface area (Å²) >= 11 is 0. The van der Waals surface area contributed by atoms with Crippen LogP contribution in [0.4, 0.5) is 0 Å². The van der Waals surface area contributed by atoms with Crippen molar-refractivity contribution in [1.82, 2.24) is 9.80 Å². The highest BCUT2D eigenvalue weighted by Crippen LogP contribution is 2.39. The third kappa shape index (κ3) is 5.79. The van der Waals surface area contributed by atoms with Gasteiger partial charge in [-0.25, -0.2) is 0 Å². The Morgan fingerprint density at radius 1 is 0.920 bits per heavy atom. The Hall–Kier alpha value is -1.46. The van der Waals surface area contributed by atoms with Gasteiger partial charge in [0.25, 0.3) is 0 Å². The Morgan fingerprint density at radius 2 is 1.60 bits per heavy atom. The lowest BCUT2D eigenvalue weighted by molar-refractivity contribution is 0.124. The van der Waals surface area contributed by atoms with Gasteiger partial charge in [-0.1, -0.05) is 38.7 Å². The van der Waals surface area contributed by atoms with Crippen molar-refractivity contribution in [2.24, 2.45) is 0 Å². The fourth-order valence-corrected chi connectivity index (χ4v) is 3.43. The van der Waals surface area contributed by atoms with Crippen LogP contribution < -0.4 is 9.47 Å². The lowest BCUT2D eigenvalue weighted by Crippen LogP contribution is -2.46. The molecule has 2 rings (SSSR count). The maximum atomic E-state index is 10.4. The Kier molecular flexibility index (Phi) is 8.35. The highest BCUT2D eigenvalue weighted by Gasteiger charge is 2.20. The Bertz CT molecular complexity index is 514. The molecule has 5 heteroatoms. The molecule has 0 aliphatic carbocycles. The molecule has 0 atom stereocenters. The molecular weight excluding hydrogens is 316 g/mol. The predicted molar refractivity (Wildman–Crippen MR) is 102 cm³/mol. The normalized spacial score (nSPS) is 16.1. The SMILES string of the molecule is CCCCCCCN1CCN(Cc2ccc(OC)c(OC)c2O)CC1. The second-order valence-electron chi connectivity index (χ2n) is 6.84. The number of ether oxygens (including phenoxy) is 2. The van der Waals surface area contributed by atoms with Crippen molar-refractivity contribution in [2.45, 2.75) is 45.6 Å². The van der Waals surface area contributed by atoms with Crippen LogP contribution in [0.25, 0.3) is 0 Å². The molecular formula is C20H34N2O3. The molecule has 0 aromatic heterocycles. The number of aromatic hydroxyl groups is 1. The molecule has 142 valence electrons. The van der Waals surface area contributed by atoms with Crippen LogP contribution in [0.1, 0.15) is 44.6 Å². The molecule has 0 unspecified atom stereocenters. The smallest absolute Gasteiger partial charge is 0.203 e. The van der Waals surface area contributed by atoms with Gasteiger partial charge in [0.2, 0.25) is 5.75 Å². The number of piperazine rings is 1. The minimum atomic E-state index is 0.195. The van der Waals surface area contributed by atoms with Crippen LogP contribution in [0.2, 0.25) is 0 Å². The molecule has 1 fully saturated rings. The van der Waals surface area contributed by atoms with E-state index >= 15 is 0 Å². The fourth-order valence-electron chi connectivity index (χ4n) is 3.43. The van der Waals surface area contributed by atoms with Crippen molar-refractivity contribution in [3.8, 4) is 17.2 Å². The van der Waals surface area contributed by atoms with Crippen molar-refractivity contribution < 1.29 is 14.6 Å². The molecule has 25 heavy (non-hydrogen) atoms. The molecule has 1 aliphatic heterocycles. The van der Waals surface area contributed by atoms with E-state index in [1.54, 1.807) is 14.2 Å². The van der Waals surface area contributed by atoms with Crippen LogP contribution in [0.3, 0.4) is 0 Å². The van der Waals surface area contributed by atoms with Gasteiger partial charge >= 0.3 is 0 Å². The minimum Gasteiger partial charge on any atom is -0.504 e. The summed E-state index contributed by atoms with van der Waals surface area (Å²) in [7, 11) is 3.14. The molecule has 1 aromatic carbocycles. The van der Waals surface area contributed by atoms with Crippen LogP contribution in [-0.2, 0) is 6.54 Å². The second-order valence-corrected chi connectivity index (χ2v) is 6.84. The number of hydrogen-bond acceptors (Lipinski definition) is 5. The first-order chi connectivity index (χ1) is 12.2. The molecule has 0 radical (unpaired) electrons. The van der Waals surface area contributed by atoms with Crippen molar-refractivity contribution in [1.29, 1.82) is 0 Å². The van der Waals surface area contributed by atoms with Crippen LogP contribution >= 0.6 is 0 Å². The van der Waals surface area contributed by atoms with Crippen molar-refractivity contribution in [2.75, 3.05) is 46.9 Å². The van der Waals surface area contributed by atoms with E-state index in [1.807, 2.05) is 12.1 Å². The molecule has 1 aromatic rings. The number of methoxy groups -OCH3 is 2. The first-order valence-corrected chi connectivity index (χ1v) is 9.57. The highest BCUT2D eigenvalue weighted by molar-refractivity contribution is 5.54.